The van der Waals surface area contributed by atoms with Crippen LogP contribution in [0.5, 0.6) is 11.8 Å². The molecule has 0 saturated carbocycles. The number of ether oxygens (including phenoxy) is 1. The molecule has 0 spiro atoms. The van der Waals surface area contributed by atoms with E-state index in [1.54, 1.807) is 6.07 Å². The van der Waals surface area contributed by atoms with Gasteiger partial charge in [-0.05, 0) is 41.4 Å². The van der Waals surface area contributed by atoms with Crippen LogP contribution in [0.2, 0.25) is 10.6 Å². The molecule has 0 bridgehead atoms. The van der Waals surface area contributed by atoms with Gasteiger partial charge in [-0.2, -0.15) is 33.4 Å². The molecular weight excluding hydrogens is 332 g/mol. The van der Waals surface area contributed by atoms with Crippen molar-refractivity contribution in [2.45, 2.75) is 6.18 Å². The number of nitriles is 1. The predicted octanol–water partition coefficient (Wildman–Crippen LogP) is 3.86. The molecule has 2 aromatic rings. The summed E-state index contributed by atoms with van der Waals surface area (Å²) in [6.45, 7) is 0. The summed E-state index contributed by atoms with van der Waals surface area (Å²) in [6.07, 6.45) is -4.72. The van der Waals surface area contributed by atoms with E-state index in [1.165, 1.54) is 0 Å². The Kier molecular flexibility index (Phi) is 4.16. The number of rotatable bonds is 2. The van der Waals surface area contributed by atoms with Gasteiger partial charge in [0, 0.05) is 0 Å². The van der Waals surface area contributed by atoms with Crippen LogP contribution in [0.25, 0.3) is 0 Å². The second-order valence-electron chi connectivity index (χ2n) is 3.58. The van der Waals surface area contributed by atoms with Gasteiger partial charge in [-0.15, -0.1) is 0 Å². The van der Waals surface area contributed by atoms with Crippen molar-refractivity contribution >= 4 is 23.2 Å². The smallest absolute Gasteiger partial charge is 0.420 e. The van der Waals surface area contributed by atoms with Gasteiger partial charge in [-0.25, -0.2) is 0 Å². The lowest BCUT2D eigenvalue weighted by Crippen LogP contribution is -2.08. The lowest BCUT2D eigenvalue weighted by molar-refractivity contribution is -0.138. The van der Waals surface area contributed by atoms with Gasteiger partial charge < -0.3 is 4.74 Å². The van der Waals surface area contributed by atoms with Gasteiger partial charge in [0.15, 0.2) is 0 Å². The standard InChI is InChI=1S/C11H3Cl2F3N4O/c12-8-18-9(13)20-10(19-8)21-7-2-1-5(4-17)3-6(7)11(14,15)16/h1-3H. The molecule has 0 amide bonds. The second-order valence-corrected chi connectivity index (χ2v) is 4.25. The van der Waals surface area contributed by atoms with Crippen molar-refractivity contribution in [2.75, 3.05) is 0 Å². The monoisotopic (exact) mass is 334 g/mol. The number of aromatic nitrogens is 3. The maximum Gasteiger partial charge on any atom is 0.420 e. The SMILES string of the molecule is N#Cc1ccc(Oc2nc(Cl)nc(Cl)n2)c(C(F)(F)F)c1. The number of hydrogen-bond acceptors (Lipinski definition) is 5. The largest absolute Gasteiger partial charge is 0.424 e. The summed E-state index contributed by atoms with van der Waals surface area (Å²) in [6, 6.07) is 3.91. The first-order chi connectivity index (χ1) is 9.79. The lowest BCUT2D eigenvalue weighted by atomic mass is 10.1. The van der Waals surface area contributed by atoms with Crippen LogP contribution in [0, 0.1) is 11.3 Å². The Morgan fingerprint density at radius 2 is 1.71 bits per heavy atom. The summed E-state index contributed by atoms with van der Waals surface area (Å²) in [5, 5.41) is 8.00. The normalized spacial score (nSPS) is 11.0. The summed E-state index contributed by atoms with van der Waals surface area (Å²) in [5.74, 6) is -0.583. The minimum atomic E-state index is -4.72. The minimum Gasteiger partial charge on any atom is -0.424 e. The molecule has 0 atom stereocenters. The summed E-state index contributed by atoms with van der Waals surface area (Å²) >= 11 is 11.0. The van der Waals surface area contributed by atoms with Crippen LogP contribution in [0.3, 0.4) is 0 Å². The average Bonchev–Trinajstić information content (AvgIpc) is 2.36. The molecular formula is C11H3Cl2F3N4O. The average molecular weight is 335 g/mol. The van der Waals surface area contributed by atoms with Gasteiger partial charge in [0.25, 0.3) is 0 Å². The third-order valence-corrected chi connectivity index (χ3v) is 2.51. The highest BCUT2D eigenvalue weighted by atomic mass is 35.5. The van der Waals surface area contributed by atoms with Gasteiger partial charge in [0.2, 0.25) is 10.6 Å². The van der Waals surface area contributed by atoms with Crippen LogP contribution in [0.1, 0.15) is 11.1 Å². The molecule has 1 heterocycles. The van der Waals surface area contributed by atoms with Crippen LogP contribution in [0.15, 0.2) is 18.2 Å². The number of hydrogen-bond donors (Lipinski definition) is 0. The zero-order chi connectivity index (χ0) is 15.6. The summed E-state index contributed by atoms with van der Waals surface area (Å²) < 4.78 is 43.7. The first-order valence-electron chi connectivity index (χ1n) is 5.16. The van der Waals surface area contributed by atoms with E-state index in [9.17, 15) is 13.2 Å². The summed E-state index contributed by atoms with van der Waals surface area (Å²) in [5.41, 5.74) is -1.31. The Bertz CT molecular complexity index is 710. The van der Waals surface area contributed by atoms with E-state index in [0.717, 1.165) is 12.1 Å². The topological polar surface area (TPSA) is 71.7 Å². The maximum atomic E-state index is 12.9. The molecule has 10 heteroatoms. The first kappa shape index (κ1) is 15.3. The van der Waals surface area contributed by atoms with E-state index >= 15 is 0 Å². The maximum absolute atomic E-state index is 12.9. The van der Waals surface area contributed by atoms with Crippen LogP contribution in [-0.2, 0) is 6.18 Å². The molecule has 0 N–H and O–H groups in total. The van der Waals surface area contributed by atoms with Crippen molar-refractivity contribution in [3.63, 3.8) is 0 Å². The van der Waals surface area contributed by atoms with Gasteiger partial charge in [-0.3, -0.25) is 0 Å². The Hall–Kier alpha value is -2.11. The van der Waals surface area contributed by atoms with Crippen molar-refractivity contribution in [1.29, 1.82) is 5.26 Å². The summed E-state index contributed by atoms with van der Waals surface area (Å²) in [4.78, 5) is 10.4. The van der Waals surface area contributed by atoms with Crippen molar-refractivity contribution in [3.05, 3.63) is 39.9 Å². The van der Waals surface area contributed by atoms with Crippen molar-refractivity contribution < 1.29 is 17.9 Å². The van der Waals surface area contributed by atoms with E-state index < -0.39 is 23.5 Å². The summed E-state index contributed by atoms with van der Waals surface area (Å²) in [7, 11) is 0. The Balaban J connectivity index is 2.46. The van der Waals surface area contributed by atoms with Gasteiger partial charge in [-0.1, -0.05) is 0 Å². The van der Waals surface area contributed by atoms with E-state index in [0.29, 0.717) is 6.07 Å². The van der Waals surface area contributed by atoms with Gasteiger partial charge in [0.1, 0.15) is 5.75 Å². The molecule has 1 aromatic carbocycles. The van der Waals surface area contributed by atoms with Gasteiger partial charge >= 0.3 is 12.2 Å². The Morgan fingerprint density at radius 1 is 1.10 bits per heavy atom. The highest BCUT2D eigenvalue weighted by Crippen LogP contribution is 2.38. The third-order valence-electron chi connectivity index (χ3n) is 2.18. The number of benzene rings is 1. The molecule has 2 rings (SSSR count). The fourth-order valence-electron chi connectivity index (χ4n) is 1.36. The van der Waals surface area contributed by atoms with E-state index in [4.69, 9.17) is 33.2 Å². The molecule has 0 unspecified atom stereocenters. The second kappa shape index (κ2) is 5.71. The van der Waals surface area contributed by atoms with Crippen molar-refractivity contribution in [2.24, 2.45) is 0 Å². The van der Waals surface area contributed by atoms with Crippen molar-refractivity contribution in [3.8, 4) is 17.8 Å². The van der Waals surface area contributed by atoms with E-state index in [1.807, 2.05) is 0 Å². The van der Waals surface area contributed by atoms with Crippen LogP contribution in [0.4, 0.5) is 13.2 Å². The molecule has 108 valence electrons. The number of nitrogens with zero attached hydrogens (tertiary/aromatic N) is 4. The van der Waals surface area contributed by atoms with E-state index in [-0.39, 0.29) is 16.1 Å². The molecule has 0 radical (unpaired) electrons. The lowest BCUT2D eigenvalue weighted by Gasteiger charge is -2.12. The molecule has 21 heavy (non-hydrogen) atoms. The van der Waals surface area contributed by atoms with Crippen LogP contribution in [-0.4, -0.2) is 15.0 Å². The van der Waals surface area contributed by atoms with Gasteiger partial charge in [0.05, 0.1) is 17.2 Å². The minimum absolute atomic E-state index is 0.165. The number of alkyl halides is 3. The molecule has 1 aromatic heterocycles. The van der Waals surface area contributed by atoms with Crippen molar-refractivity contribution in [1.82, 2.24) is 15.0 Å². The fourth-order valence-corrected chi connectivity index (χ4v) is 1.71. The highest BCUT2D eigenvalue weighted by molar-refractivity contribution is 6.31. The zero-order valence-electron chi connectivity index (χ0n) is 9.82. The van der Waals surface area contributed by atoms with Crippen LogP contribution < -0.4 is 4.74 Å². The molecule has 0 aliphatic heterocycles. The predicted molar refractivity (Wildman–Crippen MR) is 66.1 cm³/mol. The Labute approximate surface area is 125 Å². The third kappa shape index (κ3) is 3.71. The molecule has 0 aliphatic carbocycles. The Morgan fingerprint density at radius 3 is 2.24 bits per heavy atom. The fraction of sp³-hybridized carbons (Fsp3) is 0.0909. The molecule has 0 fully saturated rings. The quantitative estimate of drug-likeness (QED) is 0.833. The zero-order valence-corrected chi connectivity index (χ0v) is 11.3. The van der Waals surface area contributed by atoms with E-state index in [2.05, 4.69) is 15.0 Å². The molecule has 0 aliphatic rings. The molecule has 0 saturated heterocycles. The first-order valence-corrected chi connectivity index (χ1v) is 5.91. The highest BCUT2D eigenvalue weighted by Gasteiger charge is 2.35. The number of halogens is 5. The van der Waals surface area contributed by atoms with Crippen LogP contribution >= 0.6 is 23.2 Å². The molecule has 5 nitrogen and oxygen atoms in total.